The minimum absolute atomic E-state index is 0.207. The fraction of sp³-hybridized carbons (Fsp3) is 0.357. The van der Waals surface area contributed by atoms with Crippen LogP contribution in [0.5, 0.6) is 0 Å². The maximum atomic E-state index is 11.9. The highest BCUT2D eigenvalue weighted by Gasteiger charge is 2.17. The van der Waals surface area contributed by atoms with Crippen LogP contribution in [0.1, 0.15) is 20.8 Å². The number of ether oxygens (including phenoxy) is 1. The third kappa shape index (κ3) is 3.63. The maximum absolute atomic E-state index is 11.9. The number of hydrogen-bond acceptors (Lipinski definition) is 2. The summed E-state index contributed by atoms with van der Waals surface area (Å²) < 4.78 is 8.29. The number of benzene rings is 1. The lowest BCUT2D eigenvalue weighted by Gasteiger charge is -2.19. The average Bonchev–Trinajstić information content (AvgIpc) is 2.52. The summed E-state index contributed by atoms with van der Waals surface area (Å²) in [5, 5.41) is 1.75. The quantitative estimate of drug-likeness (QED) is 0.566. The molecule has 0 radical (unpaired) electrons. The van der Waals surface area contributed by atoms with Crippen molar-refractivity contribution in [3.05, 3.63) is 33.0 Å². The summed E-state index contributed by atoms with van der Waals surface area (Å²) >= 11 is 8.23. The first kappa shape index (κ1) is 14.7. The molecule has 0 fully saturated rings. The summed E-state index contributed by atoms with van der Waals surface area (Å²) in [6.07, 6.45) is 1.94. The highest BCUT2D eigenvalue weighted by molar-refractivity contribution is 14.1. The summed E-state index contributed by atoms with van der Waals surface area (Å²) in [5.74, 6) is -0.240. The Morgan fingerprint density at radius 2 is 2.11 bits per heavy atom. The third-order valence-corrected chi connectivity index (χ3v) is 3.61. The van der Waals surface area contributed by atoms with Crippen LogP contribution < -0.4 is 0 Å². The molecule has 0 aliphatic carbocycles. The van der Waals surface area contributed by atoms with Gasteiger partial charge in [-0.15, -0.1) is 0 Å². The van der Waals surface area contributed by atoms with Crippen LogP contribution in [-0.2, 0) is 16.1 Å². The van der Waals surface area contributed by atoms with Gasteiger partial charge in [0.1, 0.15) is 12.1 Å². The van der Waals surface area contributed by atoms with E-state index in [2.05, 4.69) is 22.6 Å². The van der Waals surface area contributed by atoms with Crippen molar-refractivity contribution in [1.82, 2.24) is 4.57 Å². The molecule has 0 amide bonds. The number of rotatable bonds is 2. The Morgan fingerprint density at radius 3 is 2.74 bits per heavy atom. The Labute approximate surface area is 131 Å². The van der Waals surface area contributed by atoms with E-state index in [1.807, 2.05) is 49.7 Å². The zero-order chi connectivity index (χ0) is 14.2. The van der Waals surface area contributed by atoms with Crippen LogP contribution in [0.4, 0.5) is 0 Å². The minimum atomic E-state index is -0.462. The smallest absolute Gasteiger partial charge is 0.326 e. The highest BCUT2D eigenvalue weighted by atomic mass is 127. The van der Waals surface area contributed by atoms with Crippen molar-refractivity contribution in [3.63, 3.8) is 0 Å². The van der Waals surface area contributed by atoms with Crippen LogP contribution in [-0.4, -0.2) is 16.1 Å². The molecule has 0 unspecified atom stereocenters. The molecule has 2 rings (SSSR count). The number of carbonyl (C=O) groups is 1. The third-order valence-electron chi connectivity index (χ3n) is 2.51. The largest absolute Gasteiger partial charge is 0.459 e. The van der Waals surface area contributed by atoms with E-state index in [1.165, 1.54) is 0 Å². The molecular weight excluding hydrogens is 377 g/mol. The molecule has 0 aliphatic heterocycles. The number of fused-ring (bicyclic) bond motifs is 1. The van der Waals surface area contributed by atoms with Gasteiger partial charge in [0.2, 0.25) is 0 Å². The lowest BCUT2D eigenvalue weighted by atomic mass is 10.2. The standard InChI is InChI=1S/C14H15ClINO2/c1-14(2,3)19-13(18)8-17-7-11(16)10-6-9(15)4-5-12(10)17/h4-7H,8H2,1-3H3. The Kier molecular flexibility index (Phi) is 4.11. The second-order valence-electron chi connectivity index (χ2n) is 5.35. The molecule has 1 aromatic carbocycles. The highest BCUT2D eigenvalue weighted by Crippen LogP contribution is 2.26. The van der Waals surface area contributed by atoms with Crippen LogP contribution in [0.15, 0.2) is 24.4 Å². The normalized spacial score (nSPS) is 11.8. The van der Waals surface area contributed by atoms with E-state index in [9.17, 15) is 4.79 Å². The Hall–Kier alpha value is -0.750. The molecule has 102 valence electrons. The first-order valence-electron chi connectivity index (χ1n) is 5.92. The number of aromatic nitrogens is 1. The molecule has 0 atom stereocenters. The summed E-state index contributed by atoms with van der Waals surface area (Å²) in [4.78, 5) is 11.9. The van der Waals surface area contributed by atoms with Gasteiger partial charge < -0.3 is 9.30 Å². The van der Waals surface area contributed by atoms with E-state index in [0.29, 0.717) is 5.02 Å². The van der Waals surface area contributed by atoms with Crippen molar-refractivity contribution in [1.29, 1.82) is 0 Å². The SMILES string of the molecule is CC(C)(C)OC(=O)Cn1cc(I)c2cc(Cl)ccc21. The van der Waals surface area contributed by atoms with Gasteiger partial charge in [0.15, 0.2) is 0 Å². The first-order valence-corrected chi connectivity index (χ1v) is 7.38. The van der Waals surface area contributed by atoms with Crippen molar-refractivity contribution in [2.45, 2.75) is 32.9 Å². The van der Waals surface area contributed by atoms with Gasteiger partial charge in [-0.05, 0) is 61.6 Å². The van der Waals surface area contributed by atoms with E-state index >= 15 is 0 Å². The molecule has 0 saturated carbocycles. The molecule has 1 aromatic heterocycles. The second kappa shape index (κ2) is 5.32. The van der Waals surface area contributed by atoms with E-state index in [-0.39, 0.29) is 12.5 Å². The number of hydrogen-bond donors (Lipinski definition) is 0. The van der Waals surface area contributed by atoms with Crippen molar-refractivity contribution in [2.75, 3.05) is 0 Å². The van der Waals surface area contributed by atoms with E-state index in [1.54, 1.807) is 0 Å². The zero-order valence-electron chi connectivity index (χ0n) is 11.0. The van der Waals surface area contributed by atoms with Gasteiger partial charge in [-0.2, -0.15) is 0 Å². The van der Waals surface area contributed by atoms with Crippen LogP contribution >= 0.6 is 34.2 Å². The van der Waals surface area contributed by atoms with Gasteiger partial charge in [0, 0.05) is 25.7 Å². The van der Waals surface area contributed by atoms with Crippen LogP contribution in [0.3, 0.4) is 0 Å². The van der Waals surface area contributed by atoms with Gasteiger partial charge >= 0.3 is 5.97 Å². The molecule has 5 heteroatoms. The van der Waals surface area contributed by atoms with Gasteiger partial charge in [-0.3, -0.25) is 4.79 Å². The number of halogens is 2. The molecule has 0 aliphatic rings. The van der Waals surface area contributed by atoms with Gasteiger partial charge in [-0.1, -0.05) is 11.6 Å². The molecule has 0 saturated heterocycles. The van der Waals surface area contributed by atoms with Gasteiger partial charge in [0.25, 0.3) is 0 Å². The molecular formula is C14H15ClINO2. The lowest BCUT2D eigenvalue weighted by molar-refractivity contribution is -0.155. The van der Waals surface area contributed by atoms with Crippen LogP contribution in [0.25, 0.3) is 10.9 Å². The first-order chi connectivity index (χ1) is 8.76. The number of esters is 1. The molecule has 3 nitrogen and oxygen atoms in total. The zero-order valence-corrected chi connectivity index (χ0v) is 13.9. The summed E-state index contributed by atoms with van der Waals surface area (Å²) in [6.45, 7) is 5.80. The average molecular weight is 392 g/mol. The van der Waals surface area contributed by atoms with Crippen molar-refractivity contribution in [3.8, 4) is 0 Å². The predicted molar refractivity (Wildman–Crippen MR) is 85.5 cm³/mol. The molecule has 0 N–H and O–H groups in total. The maximum Gasteiger partial charge on any atom is 0.326 e. The molecule has 1 heterocycles. The summed E-state index contributed by atoms with van der Waals surface area (Å²) in [7, 11) is 0. The lowest BCUT2D eigenvalue weighted by Crippen LogP contribution is -2.26. The molecule has 0 spiro atoms. The monoisotopic (exact) mass is 391 g/mol. The number of carbonyl (C=O) groups excluding carboxylic acids is 1. The van der Waals surface area contributed by atoms with Crippen molar-refractivity contribution < 1.29 is 9.53 Å². The summed E-state index contributed by atoms with van der Waals surface area (Å²) in [5.41, 5.74) is 0.524. The minimum Gasteiger partial charge on any atom is -0.459 e. The Balaban J connectivity index is 2.29. The van der Waals surface area contributed by atoms with Crippen LogP contribution in [0.2, 0.25) is 5.02 Å². The number of nitrogens with zero attached hydrogens (tertiary/aromatic N) is 1. The molecule has 19 heavy (non-hydrogen) atoms. The Morgan fingerprint density at radius 1 is 1.42 bits per heavy atom. The van der Waals surface area contributed by atoms with Gasteiger partial charge in [-0.25, -0.2) is 0 Å². The fourth-order valence-corrected chi connectivity index (χ4v) is 2.81. The van der Waals surface area contributed by atoms with E-state index in [4.69, 9.17) is 16.3 Å². The summed E-state index contributed by atoms with van der Waals surface area (Å²) in [6, 6.07) is 5.65. The van der Waals surface area contributed by atoms with Crippen LogP contribution in [0, 0.1) is 3.57 Å². The van der Waals surface area contributed by atoms with E-state index < -0.39 is 5.60 Å². The van der Waals surface area contributed by atoms with E-state index in [0.717, 1.165) is 14.5 Å². The molecule has 0 bridgehead atoms. The fourth-order valence-electron chi connectivity index (χ4n) is 1.87. The second-order valence-corrected chi connectivity index (χ2v) is 6.95. The molecule has 2 aromatic rings. The topological polar surface area (TPSA) is 31.2 Å². The van der Waals surface area contributed by atoms with Crippen molar-refractivity contribution >= 4 is 51.1 Å². The van der Waals surface area contributed by atoms with Gasteiger partial charge in [0.05, 0.1) is 0 Å². The predicted octanol–water partition coefficient (Wildman–Crippen LogP) is 4.24. The Bertz CT molecular complexity index is 628. The van der Waals surface area contributed by atoms with Crippen molar-refractivity contribution in [2.24, 2.45) is 0 Å².